The van der Waals surface area contributed by atoms with Crippen LogP contribution < -0.4 is 5.73 Å². The number of alkyl halides is 3. The lowest BCUT2D eigenvalue weighted by Gasteiger charge is -2.39. The lowest BCUT2D eigenvalue weighted by Crippen LogP contribution is -2.56. The third-order valence-electron chi connectivity index (χ3n) is 3.50. The van der Waals surface area contributed by atoms with Gasteiger partial charge in [0.05, 0.1) is 10.6 Å². The maximum absolute atomic E-state index is 13.2. The molecule has 23 heavy (non-hydrogen) atoms. The van der Waals surface area contributed by atoms with E-state index < -0.39 is 46.4 Å². The molecule has 0 spiro atoms. The second-order valence-electron chi connectivity index (χ2n) is 5.10. The SMILES string of the molecule is Cl.NC1CCC(C(F)(F)F)N(C(=O)c2cc(F)c(F)cc2Cl)C1. The van der Waals surface area contributed by atoms with Gasteiger partial charge in [-0.05, 0) is 25.0 Å². The maximum atomic E-state index is 13.2. The lowest BCUT2D eigenvalue weighted by atomic mass is 9.97. The lowest BCUT2D eigenvalue weighted by molar-refractivity contribution is -0.184. The van der Waals surface area contributed by atoms with Gasteiger partial charge in [0.15, 0.2) is 11.6 Å². The largest absolute Gasteiger partial charge is 0.408 e. The van der Waals surface area contributed by atoms with Gasteiger partial charge in [-0.1, -0.05) is 11.6 Å². The number of amides is 1. The molecule has 1 aromatic rings. The van der Waals surface area contributed by atoms with E-state index in [4.69, 9.17) is 17.3 Å². The van der Waals surface area contributed by atoms with Crippen LogP contribution in [0, 0.1) is 11.6 Å². The van der Waals surface area contributed by atoms with Crippen LogP contribution in [0.4, 0.5) is 22.0 Å². The molecule has 1 aliphatic heterocycles. The van der Waals surface area contributed by atoms with Crippen LogP contribution in [0.15, 0.2) is 12.1 Å². The van der Waals surface area contributed by atoms with E-state index in [0.29, 0.717) is 17.0 Å². The highest BCUT2D eigenvalue weighted by atomic mass is 35.5. The number of carbonyl (C=O) groups excluding carboxylic acids is 1. The van der Waals surface area contributed by atoms with Crippen molar-refractivity contribution in [3.05, 3.63) is 34.4 Å². The molecular formula is C13H13Cl2F5N2O. The van der Waals surface area contributed by atoms with Gasteiger partial charge >= 0.3 is 6.18 Å². The van der Waals surface area contributed by atoms with Crippen LogP contribution in [-0.4, -0.2) is 35.6 Å². The molecule has 3 nitrogen and oxygen atoms in total. The Hall–Kier alpha value is -1.12. The van der Waals surface area contributed by atoms with Crippen molar-refractivity contribution < 1.29 is 26.7 Å². The first-order chi connectivity index (χ1) is 10.1. The van der Waals surface area contributed by atoms with Crippen molar-refractivity contribution in [1.82, 2.24) is 4.90 Å². The molecule has 0 aromatic heterocycles. The Labute approximate surface area is 140 Å². The molecule has 1 amide bonds. The highest BCUT2D eigenvalue weighted by Gasteiger charge is 2.48. The van der Waals surface area contributed by atoms with Crippen molar-refractivity contribution >= 4 is 29.9 Å². The van der Waals surface area contributed by atoms with E-state index in [1.807, 2.05) is 0 Å². The topological polar surface area (TPSA) is 46.3 Å². The van der Waals surface area contributed by atoms with E-state index in [1.165, 1.54) is 0 Å². The highest BCUT2D eigenvalue weighted by molar-refractivity contribution is 6.33. The zero-order valence-electron chi connectivity index (χ0n) is 11.5. The van der Waals surface area contributed by atoms with Gasteiger partial charge in [-0.15, -0.1) is 12.4 Å². The second kappa shape index (κ2) is 7.19. The summed E-state index contributed by atoms with van der Waals surface area (Å²) in [5.74, 6) is -3.77. The summed E-state index contributed by atoms with van der Waals surface area (Å²) in [4.78, 5) is 12.8. The summed E-state index contributed by atoms with van der Waals surface area (Å²) in [6.45, 7) is -0.335. The molecule has 2 N–H and O–H groups in total. The number of hydrogen-bond acceptors (Lipinski definition) is 2. The van der Waals surface area contributed by atoms with E-state index in [1.54, 1.807) is 0 Å². The number of piperidine rings is 1. The van der Waals surface area contributed by atoms with Crippen LogP contribution in [0.5, 0.6) is 0 Å². The summed E-state index contributed by atoms with van der Waals surface area (Å²) in [6.07, 6.45) is -4.88. The summed E-state index contributed by atoms with van der Waals surface area (Å²) in [5.41, 5.74) is 5.09. The number of carbonyl (C=O) groups is 1. The number of nitrogens with zero attached hydrogens (tertiary/aromatic N) is 1. The van der Waals surface area contributed by atoms with Gasteiger partial charge in [-0.25, -0.2) is 8.78 Å². The number of benzene rings is 1. The average Bonchev–Trinajstić information content (AvgIpc) is 2.40. The van der Waals surface area contributed by atoms with E-state index in [-0.39, 0.29) is 31.8 Å². The minimum atomic E-state index is -4.64. The Bertz CT molecular complexity index is 596. The van der Waals surface area contributed by atoms with E-state index in [0.717, 1.165) is 0 Å². The molecule has 1 fully saturated rings. The van der Waals surface area contributed by atoms with Crippen molar-refractivity contribution in [2.75, 3.05) is 6.54 Å². The standard InChI is InChI=1S/C13H12ClF5N2O.ClH/c14-8-4-10(16)9(15)3-7(8)12(22)21-5-6(20)1-2-11(21)13(17,18)19;/h3-4,6,11H,1-2,5,20H2;1H. The van der Waals surface area contributed by atoms with Crippen LogP contribution in [0.3, 0.4) is 0 Å². The molecule has 10 heteroatoms. The molecule has 1 heterocycles. The number of likely N-dealkylation sites (tertiary alicyclic amines) is 1. The molecule has 0 bridgehead atoms. The van der Waals surface area contributed by atoms with Crippen LogP contribution in [-0.2, 0) is 0 Å². The summed E-state index contributed by atoms with van der Waals surface area (Å²) >= 11 is 5.65. The van der Waals surface area contributed by atoms with Crippen molar-refractivity contribution in [1.29, 1.82) is 0 Å². The molecular weight excluding hydrogens is 366 g/mol. The molecule has 0 saturated carbocycles. The van der Waals surface area contributed by atoms with Gasteiger partial charge in [-0.3, -0.25) is 4.79 Å². The monoisotopic (exact) mass is 378 g/mol. The Morgan fingerprint density at radius 1 is 1.22 bits per heavy atom. The summed E-state index contributed by atoms with van der Waals surface area (Å²) in [7, 11) is 0. The molecule has 0 aliphatic carbocycles. The van der Waals surface area contributed by atoms with Crippen molar-refractivity contribution in [2.24, 2.45) is 5.73 Å². The molecule has 2 rings (SSSR count). The zero-order chi connectivity index (χ0) is 16.7. The summed E-state index contributed by atoms with van der Waals surface area (Å²) in [6, 6.07) is -1.60. The third-order valence-corrected chi connectivity index (χ3v) is 3.81. The first-order valence-corrected chi connectivity index (χ1v) is 6.77. The van der Waals surface area contributed by atoms with Crippen molar-refractivity contribution in [3.8, 4) is 0 Å². The number of rotatable bonds is 1. The van der Waals surface area contributed by atoms with Gasteiger partial charge in [0, 0.05) is 12.6 Å². The van der Waals surface area contributed by atoms with E-state index in [9.17, 15) is 26.7 Å². The fourth-order valence-corrected chi connectivity index (χ4v) is 2.64. The quantitative estimate of drug-likeness (QED) is 0.600. The zero-order valence-corrected chi connectivity index (χ0v) is 13.1. The fourth-order valence-electron chi connectivity index (χ4n) is 2.40. The van der Waals surface area contributed by atoms with Crippen LogP contribution >= 0.6 is 24.0 Å². The molecule has 1 aromatic carbocycles. The van der Waals surface area contributed by atoms with Gasteiger partial charge in [0.25, 0.3) is 5.91 Å². The van der Waals surface area contributed by atoms with Crippen molar-refractivity contribution in [2.45, 2.75) is 31.1 Å². The smallest absolute Gasteiger partial charge is 0.326 e. The average molecular weight is 379 g/mol. The molecule has 2 unspecified atom stereocenters. The van der Waals surface area contributed by atoms with Crippen molar-refractivity contribution in [3.63, 3.8) is 0 Å². The first kappa shape index (κ1) is 19.9. The predicted molar refractivity (Wildman–Crippen MR) is 76.7 cm³/mol. The normalized spacial score (nSPS) is 21.8. The molecule has 1 aliphatic rings. The second-order valence-corrected chi connectivity index (χ2v) is 5.51. The summed E-state index contributed by atoms with van der Waals surface area (Å²) in [5, 5.41) is -0.455. The van der Waals surface area contributed by atoms with E-state index >= 15 is 0 Å². The Morgan fingerprint density at radius 3 is 2.35 bits per heavy atom. The fraction of sp³-hybridized carbons (Fsp3) is 0.462. The Balaban J connectivity index is 0.00000264. The number of nitrogens with two attached hydrogens (primary N) is 1. The molecule has 0 radical (unpaired) electrons. The van der Waals surface area contributed by atoms with E-state index in [2.05, 4.69) is 0 Å². The molecule has 130 valence electrons. The predicted octanol–water partition coefficient (Wildman–Crippen LogP) is 3.53. The van der Waals surface area contributed by atoms with Crippen LogP contribution in [0.1, 0.15) is 23.2 Å². The Kier molecular flexibility index (Phi) is 6.23. The first-order valence-electron chi connectivity index (χ1n) is 6.39. The van der Waals surface area contributed by atoms with Gasteiger partial charge in [0.2, 0.25) is 0 Å². The number of halogens is 7. The minimum absolute atomic E-state index is 0. The van der Waals surface area contributed by atoms with Gasteiger partial charge in [0.1, 0.15) is 6.04 Å². The third kappa shape index (κ3) is 4.24. The van der Waals surface area contributed by atoms with Gasteiger partial charge < -0.3 is 10.6 Å². The van der Waals surface area contributed by atoms with Gasteiger partial charge in [-0.2, -0.15) is 13.2 Å². The Morgan fingerprint density at radius 2 is 1.78 bits per heavy atom. The number of hydrogen-bond donors (Lipinski definition) is 1. The van der Waals surface area contributed by atoms with Crippen LogP contribution in [0.25, 0.3) is 0 Å². The molecule has 2 atom stereocenters. The highest BCUT2D eigenvalue weighted by Crippen LogP contribution is 2.33. The summed E-state index contributed by atoms with van der Waals surface area (Å²) < 4.78 is 65.4. The minimum Gasteiger partial charge on any atom is -0.326 e. The maximum Gasteiger partial charge on any atom is 0.408 e. The van der Waals surface area contributed by atoms with Crippen LogP contribution in [0.2, 0.25) is 5.02 Å². The molecule has 1 saturated heterocycles.